The first-order valence-electron chi connectivity index (χ1n) is 7.33. The van der Waals surface area contributed by atoms with Crippen molar-refractivity contribution in [2.75, 3.05) is 25.1 Å². The van der Waals surface area contributed by atoms with Crippen LogP contribution in [0.15, 0.2) is 24.3 Å². The molecule has 1 saturated heterocycles. The number of likely N-dealkylation sites (N-methyl/N-ethyl adjacent to an activating group) is 1. The van der Waals surface area contributed by atoms with Gasteiger partial charge in [0.05, 0.1) is 11.5 Å². The SMILES string of the molecule is C[C@@H]([NH2+]CC(=O)N(C)[C@H]1CCS(=O)(=O)C1)c1ccc(Cl)cc1. The van der Waals surface area contributed by atoms with Gasteiger partial charge in [-0.1, -0.05) is 23.7 Å². The molecule has 1 aromatic carbocycles. The number of quaternary nitrogens is 1. The molecular formula is C15H22ClN2O3S+. The molecule has 7 heteroatoms. The van der Waals surface area contributed by atoms with Crippen LogP contribution in [0, 0.1) is 0 Å². The van der Waals surface area contributed by atoms with Gasteiger partial charge < -0.3 is 10.2 Å². The lowest BCUT2D eigenvalue weighted by Crippen LogP contribution is -2.87. The zero-order valence-electron chi connectivity index (χ0n) is 12.8. The lowest BCUT2D eigenvalue weighted by atomic mass is 10.1. The molecule has 5 nitrogen and oxygen atoms in total. The fourth-order valence-corrected chi connectivity index (χ4v) is 4.51. The van der Waals surface area contributed by atoms with Crippen molar-refractivity contribution in [2.24, 2.45) is 0 Å². The van der Waals surface area contributed by atoms with Crippen LogP contribution in [0.25, 0.3) is 0 Å². The molecule has 1 fully saturated rings. The van der Waals surface area contributed by atoms with E-state index < -0.39 is 9.84 Å². The molecule has 122 valence electrons. The van der Waals surface area contributed by atoms with Crippen molar-refractivity contribution in [1.82, 2.24) is 4.90 Å². The highest BCUT2D eigenvalue weighted by atomic mass is 35.5. The molecule has 0 spiro atoms. The molecule has 0 aliphatic carbocycles. The number of hydrogen-bond donors (Lipinski definition) is 1. The topological polar surface area (TPSA) is 71.1 Å². The minimum atomic E-state index is -2.97. The maximum absolute atomic E-state index is 12.2. The van der Waals surface area contributed by atoms with Crippen molar-refractivity contribution in [3.63, 3.8) is 0 Å². The first kappa shape index (κ1) is 17.2. The van der Waals surface area contributed by atoms with Gasteiger partial charge in [-0.25, -0.2) is 8.42 Å². The van der Waals surface area contributed by atoms with E-state index in [1.807, 2.05) is 36.5 Å². The average molecular weight is 346 g/mol. The number of halogens is 1. The second-order valence-electron chi connectivity index (χ2n) is 5.84. The molecule has 0 saturated carbocycles. The highest BCUT2D eigenvalue weighted by Crippen LogP contribution is 2.16. The van der Waals surface area contributed by atoms with Gasteiger partial charge in [0.15, 0.2) is 16.4 Å². The highest BCUT2D eigenvalue weighted by Gasteiger charge is 2.33. The summed E-state index contributed by atoms with van der Waals surface area (Å²) in [6.45, 7) is 2.33. The molecule has 1 aromatic rings. The van der Waals surface area contributed by atoms with Crippen molar-refractivity contribution in [3.8, 4) is 0 Å². The van der Waals surface area contributed by atoms with Gasteiger partial charge >= 0.3 is 0 Å². The number of sulfone groups is 1. The number of carbonyl (C=O) groups is 1. The molecule has 0 unspecified atom stereocenters. The van der Waals surface area contributed by atoms with Gasteiger partial charge in [-0.05, 0) is 25.5 Å². The number of hydrogen-bond acceptors (Lipinski definition) is 3. The summed E-state index contributed by atoms with van der Waals surface area (Å²) in [5.41, 5.74) is 1.10. The van der Waals surface area contributed by atoms with E-state index in [1.54, 1.807) is 11.9 Å². The van der Waals surface area contributed by atoms with Crippen LogP contribution in [0.2, 0.25) is 5.02 Å². The van der Waals surface area contributed by atoms with Crippen LogP contribution in [0.3, 0.4) is 0 Å². The summed E-state index contributed by atoms with van der Waals surface area (Å²) in [5, 5.41) is 2.64. The molecule has 1 aliphatic heterocycles. The monoisotopic (exact) mass is 345 g/mol. The van der Waals surface area contributed by atoms with Gasteiger partial charge in [-0.2, -0.15) is 0 Å². The van der Waals surface area contributed by atoms with Crippen LogP contribution in [-0.4, -0.2) is 50.4 Å². The van der Waals surface area contributed by atoms with E-state index in [4.69, 9.17) is 11.6 Å². The summed E-state index contributed by atoms with van der Waals surface area (Å²) in [6.07, 6.45) is 0.539. The van der Waals surface area contributed by atoms with E-state index >= 15 is 0 Å². The smallest absolute Gasteiger partial charge is 0.277 e. The first-order valence-corrected chi connectivity index (χ1v) is 9.53. The first-order chi connectivity index (χ1) is 10.3. The predicted octanol–water partition coefficient (Wildman–Crippen LogP) is 0.610. The van der Waals surface area contributed by atoms with Crippen LogP contribution < -0.4 is 5.32 Å². The third-order valence-corrected chi connectivity index (χ3v) is 6.19. The Bertz CT molecular complexity index is 631. The maximum atomic E-state index is 12.2. The Balaban J connectivity index is 1.85. The van der Waals surface area contributed by atoms with Gasteiger partial charge in [0, 0.05) is 23.7 Å². The largest absolute Gasteiger partial charge is 0.337 e. The third-order valence-electron chi connectivity index (χ3n) is 4.19. The average Bonchev–Trinajstić information content (AvgIpc) is 2.84. The summed E-state index contributed by atoms with van der Waals surface area (Å²) in [7, 11) is -1.28. The Morgan fingerprint density at radius 3 is 2.59 bits per heavy atom. The van der Waals surface area contributed by atoms with E-state index in [0.29, 0.717) is 18.0 Å². The van der Waals surface area contributed by atoms with E-state index in [0.717, 1.165) is 5.56 Å². The van der Waals surface area contributed by atoms with E-state index in [-0.39, 0.29) is 29.5 Å². The van der Waals surface area contributed by atoms with Gasteiger partial charge in [0.25, 0.3) is 5.91 Å². The molecule has 0 radical (unpaired) electrons. The Morgan fingerprint density at radius 2 is 2.05 bits per heavy atom. The normalized spacial score (nSPS) is 21.5. The van der Waals surface area contributed by atoms with Gasteiger partial charge in [-0.3, -0.25) is 4.79 Å². The number of rotatable bonds is 5. The Labute approximate surface area is 136 Å². The minimum Gasteiger partial charge on any atom is -0.337 e. The summed E-state index contributed by atoms with van der Waals surface area (Å²) in [4.78, 5) is 13.8. The lowest BCUT2D eigenvalue weighted by Gasteiger charge is -2.23. The third kappa shape index (κ3) is 4.44. The zero-order chi connectivity index (χ0) is 16.3. The predicted molar refractivity (Wildman–Crippen MR) is 86.5 cm³/mol. The summed E-state index contributed by atoms with van der Waals surface area (Å²) < 4.78 is 23.0. The zero-order valence-corrected chi connectivity index (χ0v) is 14.4. The molecule has 22 heavy (non-hydrogen) atoms. The Kier molecular flexibility index (Phi) is 5.47. The standard InChI is InChI=1S/C15H21ClN2O3S/c1-11(12-3-5-13(16)6-4-12)17-9-15(19)18(2)14-7-8-22(20,21)10-14/h3-6,11,14,17H,7-10H2,1-2H3/p+1/t11-,14+/m1/s1. The number of amides is 1. The molecule has 2 rings (SSSR count). The quantitative estimate of drug-likeness (QED) is 0.850. The second kappa shape index (κ2) is 6.98. The lowest BCUT2D eigenvalue weighted by molar-refractivity contribution is -0.683. The fourth-order valence-electron chi connectivity index (χ4n) is 2.61. The Hall–Kier alpha value is -1.11. The van der Waals surface area contributed by atoms with Crippen molar-refractivity contribution < 1.29 is 18.5 Å². The minimum absolute atomic E-state index is 0.0390. The molecular weight excluding hydrogens is 324 g/mol. The van der Waals surface area contributed by atoms with Crippen LogP contribution >= 0.6 is 11.6 Å². The van der Waals surface area contributed by atoms with Crippen LogP contribution in [0.5, 0.6) is 0 Å². The summed E-state index contributed by atoms with van der Waals surface area (Å²) >= 11 is 5.86. The molecule has 0 aromatic heterocycles. The van der Waals surface area contributed by atoms with Crippen LogP contribution in [0.1, 0.15) is 24.9 Å². The maximum Gasteiger partial charge on any atom is 0.277 e. The molecule has 2 atom stereocenters. The van der Waals surface area contributed by atoms with Crippen LogP contribution in [-0.2, 0) is 14.6 Å². The number of nitrogens with two attached hydrogens (primary N) is 1. The van der Waals surface area contributed by atoms with E-state index in [2.05, 4.69) is 0 Å². The van der Waals surface area contributed by atoms with Crippen molar-refractivity contribution in [2.45, 2.75) is 25.4 Å². The van der Waals surface area contributed by atoms with Crippen LogP contribution in [0.4, 0.5) is 0 Å². The highest BCUT2D eigenvalue weighted by molar-refractivity contribution is 7.91. The second-order valence-corrected chi connectivity index (χ2v) is 8.51. The van der Waals surface area contributed by atoms with Crippen molar-refractivity contribution in [1.29, 1.82) is 0 Å². The molecule has 1 aliphatic rings. The fraction of sp³-hybridized carbons (Fsp3) is 0.533. The van der Waals surface area contributed by atoms with Gasteiger partial charge in [0.1, 0.15) is 6.04 Å². The van der Waals surface area contributed by atoms with Crippen molar-refractivity contribution >= 4 is 27.3 Å². The van der Waals surface area contributed by atoms with E-state index in [1.165, 1.54) is 0 Å². The van der Waals surface area contributed by atoms with Crippen molar-refractivity contribution in [3.05, 3.63) is 34.9 Å². The number of benzene rings is 1. The molecule has 1 amide bonds. The Morgan fingerprint density at radius 1 is 1.41 bits per heavy atom. The number of nitrogens with zero attached hydrogens (tertiary/aromatic N) is 1. The van der Waals surface area contributed by atoms with E-state index in [9.17, 15) is 13.2 Å². The molecule has 0 bridgehead atoms. The van der Waals surface area contributed by atoms with Gasteiger partial charge in [-0.15, -0.1) is 0 Å². The number of carbonyl (C=O) groups excluding carboxylic acids is 1. The molecule has 2 N–H and O–H groups in total. The van der Waals surface area contributed by atoms with Gasteiger partial charge in [0.2, 0.25) is 0 Å². The summed E-state index contributed by atoms with van der Waals surface area (Å²) in [5.74, 6) is 0.227. The molecule has 1 heterocycles. The summed E-state index contributed by atoms with van der Waals surface area (Å²) in [6, 6.07) is 7.51.